The molecule has 1 fully saturated rings. The Bertz CT molecular complexity index is 316. The van der Waals surface area contributed by atoms with Crippen LogP contribution in [0.2, 0.25) is 0 Å². The summed E-state index contributed by atoms with van der Waals surface area (Å²) in [6.45, 7) is 7.22. The molecule has 0 aromatic carbocycles. The number of hydrogen-bond acceptors (Lipinski definition) is 3. The summed E-state index contributed by atoms with van der Waals surface area (Å²) in [5.41, 5.74) is 7.27. The molecule has 1 heterocycles. The summed E-state index contributed by atoms with van der Waals surface area (Å²) in [5, 5.41) is 3.80. The van der Waals surface area contributed by atoms with Crippen LogP contribution in [0.5, 0.6) is 0 Å². The van der Waals surface area contributed by atoms with E-state index < -0.39 is 0 Å². The largest absolute Gasteiger partial charge is 0.361 e. The lowest BCUT2D eigenvalue weighted by atomic mass is 10.0. The van der Waals surface area contributed by atoms with Gasteiger partial charge in [-0.1, -0.05) is 19.0 Å². The van der Waals surface area contributed by atoms with Gasteiger partial charge in [-0.3, -0.25) is 0 Å². The Morgan fingerprint density at radius 2 is 2.31 bits per heavy atom. The molecule has 0 bridgehead atoms. The van der Waals surface area contributed by atoms with E-state index in [1.165, 1.54) is 5.56 Å². The first-order valence-electron chi connectivity index (χ1n) is 4.70. The monoisotopic (exact) mass is 180 g/mol. The molecule has 0 aliphatic heterocycles. The van der Waals surface area contributed by atoms with Gasteiger partial charge in [-0.15, -0.1) is 0 Å². The van der Waals surface area contributed by atoms with Crippen LogP contribution >= 0.6 is 0 Å². The fourth-order valence-electron chi connectivity index (χ4n) is 2.41. The summed E-state index contributed by atoms with van der Waals surface area (Å²) in [4.78, 5) is 0. The van der Waals surface area contributed by atoms with E-state index in [0.29, 0.717) is 17.3 Å². The van der Waals surface area contributed by atoms with Crippen LogP contribution in [0.3, 0.4) is 0 Å². The van der Waals surface area contributed by atoms with Crippen LogP contribution in [0.4, 0.5) is 0 Å². The zero-order valence-electron chi connectivity index (χ0n) is 8.37. The number of nitrogens with zero attached hydrogens (tertiary/aromatic N) is 1. The highest BCUT2D eigenvalue weighted by molar-refractivity contribution is 5.31. The average Bonchev–Trinajstić information content (AvgIpc) is 2.41. The molecule has 2 rings (SSSR count). The lowest BCUT2D eigenvalue weighted by Crippen LogP contribution is -2.05. The molecule has 2 N–H and O–H groups in total. The number of hydrogen-bond donors (Lipinski definition) is 1. The highest BCUT2D eigenvalue weighted by atomic mass is 16.5. The summed E-state index contributed by atoms with van der Waals surface area (Å²) < 4.78 is 5.06. The molecule has 3 nitrogen and oxygen atoms in total. The van der Waals surface area contributed by atoms with E-state index in [1.54, 1.807) is 0 Å². The Morgan fingerprint density at radius 1 is 1.62 bits per heavy atom. The third-order valence-corrected chi connectivity index (χ3v) is 3.43. The van der Waals surface area contributed by atoms with Crippen molar-refractivity contribution in [2.24, 2.45) is 17.1 Å². The van der Waals surface area contributed by atoms with Gasteiger partial charge in [0.05, 0.1) is 6.20 Å². The minimum absolute atomic E-state index is 0.324. The Kier molecular flexibility index (Phi) is 1.74. The predicted molar refractivity (Wildman–Crippen MR) is 50.3 cm³/mol. The molecular formula is C10H16N2O. The Morgan fingerprint density at radius 3 is 2.69 bits per heavy atom. The second-order valence-electron chi connectivity index (χ2n) is 4.48. The van der Waals surface area contributed by atoms with Crippen molar-refractivity contribution >= 4 is 0 Å². The summed E-state index contributed by atoms with van der Waals surface area (Å²) in [7, 11) is 0. The quantitative estimate of drug-likeness (QED) is 0.753. The molecule has 0 saturated heterocycles. The highest BCUT2D eigenvalue weighted by Crippen LogP contribution is 2.64. The molecule has 1 aliphatic rings. The van der Waals surface area contributed by atoms with Crippen molar-refractivity contribution in [3.05, 3.63) is 17.5 Å². The molecule has 1 aromatic heterocycles. The fourth-order valence-corrected chi connectivity index (χ4v) is 2.41. The van der Waals surface area contributed by atoms with Crippen molar-refractivity contribution in [2.45, 2.75) is 26.7 Å². The lowest BCUT2D eigenvalue weighted by Gasteiger charge is -1.99. The first kappa shape index (κ1) is 8.75. The highest BCUT2D eigenvalue weighted by Gasteiger charge is 2.58. The van der Waals surface area contributed by atoms with Crippen molar-refractivity contribution in [1.29, 1.82) is 0 Å². The fraction of sp³-hybridized carbons (Fsp3) is 0.700. The molecule has 72 valence electrons. The van der Waals surface area contributed by atoms with Gasteiger partial charge in [0.25, 0.3) is 0 Å². The molecule has 1 saturated carbocycles. The Labute approximate surface area is 78.3 Å². The normalized spacial score (nSPS) is 30.5. The van der Waals surface area contributed by atoms with E-state index in [9.17, 15) is 0 Å². The van der Waals surface area contributed by atoms with E-state index in [-0.39, 0.29) is 0 Å². The second-order valence-corrected chi connectivity index (χ2v) is 4.48. The lowest BCUT2D eigenvalue weighted by molar-refractivity contribution is 0.395. The van der Waals surface area contributed by atoms with Crippen LogP contribution in [-0.4, -0.2) is 11.7 Å². The first-order valence-corrected chi connectivity index (χ1v) is 4.70. The molecule has 1 aliphatic carbocycles. The van der Waals surface area contributed by atoms with Gasteiger partial charge in [0, 0.05) is 5.56 Å². The van der Waals surface area contributed by atoms with E-state index >= 15 is 0 Å². The molecule has 13 heavy (non-hydrogen) atoms. The van der Waals surface area contributed by atoms with Crippen LogP contribution < -0.4 is 5.73 Å². The number of nitrogens with two attached hydrogens (primary N) is 1. The van der Waals surface area contributed by atoms with Gasteiger partial charge < -0.3 is 10.3 Å². The van der Waals surface area contributed by atoms with Crippen LogP contribution in [-0.2, 0) is 0 Å². The minimum Gasteiger partial charge on any atom is -0.361 e. The second kappa shape index (κ2) is 2.58. The molecular weight excluding hydrogens is 164 g/mol. The minimum atomic E-state index is 0.324. The maximum absolute atomic E-state index is 5.70. The molecule has 0 radical (unpaired) electrons. The third-order valence-electron chi connectivity index (χ3n) is 3.43. The molecule has 0 amide bonds. The van der Waals surface area contributed by atoms with Gasteiger partial charge in [0.1, 0.15) is 5.76 Å². The summed E-state index contributed by atoms with van der Waals surface area (Å²) in [6, 6.07) is 0. The van der Waals surface area contributed by atoms with Crippen molar-refractivity contribution in [1.82, 2.24) is 5.16 Å². The molecule has 2 atom stereocenters. The Balaban J connectivity index is 2.26. The molecule has 3 heteroatoms. The van der Waals surface area contributed by atoms with Gasteiger partial charge >= 0.3 is 0 Å². The van der Waals surface area contributed by atoms with Crippen molar-refractivity contribution < 1.29 is 4.52 Å². The summed E-state index contributed by atoms with van der Waals surface area (Å²) in [5.74, 6) is 2.07. The summed E-state index contributed by atoms with van der Waals surface area (Å²) in [6.07, 6.45) is 1.83. The zero-order valence-corrected chi connectivity index (χ0v) is 8.37. The smallest absolute Gasteiger partial charge is 0.137 e. The molecule has 0 spiro atoms. The number of aromatic nitrogens is 1. The molecule has 0 unspecified atom stereocenters. The maximum atomic E-state index is 5.70. The van der Waals surface area contributed by atoms with Crippen molar-refractivity contribution in [3.8, 4) is 0 Å². The maximum Gasteiger partial charge on any atom is 0.137 e. The van der Waals surface area contributed by atoms with Gasteiger partial charge in [-0.05, 0) is 30.7 Å². The van der Waals surface area contributed by atoms with Crippen LogP contribution in [0, 0.1) is 18.3 Å². The van der Waals surface area contributed by atoms with Gasteiger partial charge in [-0.25, -0.2) is 0 Å². The van der Waals surface area contributed by atoms with Crippen LogP contribution in [0.1, 0.15) is 31.1 Å². The van der Waals surface area contributed by atoms with E-state index in [0.717, 1.165) is 12.3 Å². The topological polar surface area (TPSA) is 52.0 Å². The van der Waals surface area contributed by atoms with E-state index in [2.05, 4.69) is 19.0 Å². The number of rotatable bonds is 2. The van der Waals surface area contributed by atoms with Gasteiger partial charge in [-0.2, -0.15) is 0 Å². The van der Waals surface area contributed by atoms with Gasteiger partial charge in [0.2, 0.25) is 0 Å². The third kappa shape index (κ3) is 1.10. The molecule has 1 aromatic rings. The van der Waals surface area contributed by atoms with Crippen LogP contribution in [0.25, 0.3) is 0 Å². The van der Waals surface area contributed by atoms with E-state index in [4.69, 9.17) is 10.3 Å². The predicted octanol–water partition coefficient (Wildman–Crippen LogP) is 1.68. The van der Waals surface area contributed by atoms with E-state index in [1.807, 2.05) is 13.1 Å². The van der Waals surface area contributed by atoms with Crippen molar-refractivity contribution in [3.63, 3.8) is 0 Å². The zero-order chi connectivity index (χ0) is 9.64. The Hall–Kier alpha value is -0.830. The van der Waals surface area contributed by atoms with Crippen LogP contribution in [0.15, 0.2) is 10.7 Å². The average molecular weight is 180 g/mol. The SMILES string of the molecule is Cc1oncc1[C@H]1[C@H](CN)C1(C)C. The first-order chi connectivity index (χ1) is 6.09. The standard InChI is InChI=1S/C10H16N2O/c1-6-7(5-12-13-6)9-8(4-11)10(9,2)3/h5,8-9H,4,11H2,1-3H3/t8-,9-/m0/s1. The summed E-state index contributed by atoms with van der Waals surface area (Å²) >= 11 is 0. The van der Waals surface area contributed by atoms with Gasteiger partial charge in [0.15, 0.2) is 0 Å². The van der Waals surface area contributed by atoms with Crippen molar-refractivity contribution in [2.75, 3.05) is 6.54 Å². The number of aryl methyl sites for hydroxylation is 1.